The molecule has 0 aliphatic rings. The molecule has 0 heterocycles. The summed E-state index contributed by atoms with van der Waals surface area (Å²) in [5, 5.41) is 5.21. The molecule has 0 aromatic heterocycles. The second-order valence-electron chi connectivity index (χ2n) is 8.08. The van der Waals surface area contributed by atoms with E-state index in [-0.39, 0.29) is 17.1 Å². The summed E-state index contributed by atoms with van der Waals surface area (Å²) in [7, 11) is 0. The number of ether oxygens (including phenoxy) is 1. The highest BCUT2D eigenvalue weighted by Crippen LogP contribution is 2.27. The van der Waals surface area contributed by atoms with Crippen molar-refractivity contribution in [2.75, 3.05) is 5.32 Å². The van der Waals surface area contributed by atoms with Crippen LogP contribution in [-0.2, 0) is 0 Å². The number of halogens is 1. The lowest BCUT2D eigenvalue weighted by atomic mass is 10.1. The first kappa shape index (κ1) is 26.8. The van der Waals surface area contributed by atoms with Gasteiger partial charge in [0.25, 0.3) is 17.7 Å². The lowest BCUT2D eigenvalue weighted by Gasteiger charge is -2.13. The van der Waals surface area contributed by atoms with Crippen LogP contribution in [0, 0.1) is 6.92 Å². The second kappa shape index (κ2) is 12.3. The van der Waals surface area contributed by atoms with E-state index in [4.69, 9.17) is 17.0 Å². The van der Waals surface area contributed by atoms with Gasteiger partial charge in [-0.2, -0.15) is 0 Å². The molecule has 186 valence electrons. The van der Waals surface area contributed by atoms with Crippen LogP contribution in [-0.4, -0.2) is 28.9 Å². The van der Waals surface area contributed by atoms with E-state index in [1.54, 1.807) is 54.6 Å². The topological polar surface area (TPSA) is 109 Å². The fourth-order valence-electron chi connectivity index (χ4n) is 3.08. The first-order valence-electron chi connectivity index (χ1n) is 11.0. The van der Waals surface area contributed by atoms with Gasteiger partial charge in [0.05, 0.1) is 10.6 Å². The Bertz CT molecular complexity index is 1300. The number of anilines is 1. The molecule has 3 aromatic rings. The minimum absolute atomic E-state index is 0.00468. The van der Waals surface area contributed by atoms with E-state index in [1.165, 1.54) is 0 Å². The van der Waals surface area contributed by atoms with Crippen molar-refractivity contribution < 1.29 is 19.1 Å². The van der Waals surface area contributed by atoms with Gasteiger partial charge >= 0.3 is 0 Å². The van der Waals surface area contributed by atoms with Gasteiger partial charge in [-0.1, -0.05) is 17.7 Å². The number of thiocarbonyl (C=S) groups is 1. The third-order valence-electron chi connectivity index (χ3n) is 4.76. The van der Waals surface area contributed by atoms with Crippen LogP contribution in [0.1, 0.15) is 50.5 Å². The van der Waals surface area contributed by atoms with Crippen molar-refractivity contribution in [3.05, 3.63) is 93.5 Å². The molecule has 10 heteroatoms. The van der Waals surface area contributed by atoms with Crippen LogP contribution < -0.4 is 26.2 Å². The number of carbonyl (C=O) groups is 3. The molecule has 0 bridgehead atoms. The molecule has 4 N–H and O–H groups in total. The molecule has 0 fully saturated rings. The van der Waals surface area contributed by atoms with E-state index in [1.807, 2.05) is 32.9 Å². The predicted octanol–water partition coefficient (Wildman–Crippen LogP) is 4.75. The zero-order valence-electron chi connectivity index (χ0n) is 19.8. The minimum Gasteiger partial charge on any atom is -0.490 e. The fraction of sp³-hybridized carbons (Fsp3) is 0.154. The number of carbonyl (C=O) groups excluding carboxylic acids is 3. The number of amides is 3. The Morgan fingerprint density at radius 3 is 2.14 bits per heavy atom. The zero-order valence-corrected chi connectivity index (χ0v) is 22.2. The quantitative estimate of drug-likeness (QED) is 0.252. The maximum Gasteiger partial charge on any atom is 0.269 e. The highest BCUT2D eigenvalue weighted by molar-refractivity contribution is 9.10. The number of aryl methyl sites for hydroxylation is 1. The van der Waals surface area contributed by atoms with Crippen molar-refractivity contribution in [1.29, 1.82) is 0 Å². The lowest BCUT2D eigenvalue weighted by Crippen LogP contribution is -2.48. The molecular weight excluding hydrogens is 544 g/mol. The normalized spacial score (nSPS) is 10.4. The Hall–Kier alpha value is -3.76. The first-order valence-corrected chi connectivity index (χ1v) is 12.2. The standard InChI is InChI=1S/C26H25BrN4O4S/c1-15(2)35-22-12-9-19(14-21(22)27)24(33)29-26(36)31-30-25(34)17-7-10-20(11-8-17)28-23(32)18-6-4-5-16(3)13-18/h4-15H,1-3H3,(H,28,32)(H,30,34)(H2,29,31,33,36). The van der Waals surface area contributed by atoms with Crippen LogP contribution in [0.15, 0.2) is 71.2 Å². The molecule has 3 amide bonds. The number of benzene rings is 3. The summed E-state index contributed by atoms with van der Waals surface area (Å²) in [5.41, 5.74) is 7.69. The van der Waals surface area contributed by atoms with Crippen LogP contribution in [0.4, 0.5) is 5.69 Å². The van der Waals surface area contributed by atoms with E-state index < -0.39 is 11.8 Å². The lowest BCUT2D eigenvalue weighted by molar-refractivity contribution is 0.0934. The summed E-state index contributed by atoms with van der Waals surface area (Å²) in [5.74, 6) is -0.545. The molecule has 0 aliphatic carbocycles. The van der Waals surface area contributed by atoms with Crippen LogP contribution in [0.25, 0.3) is 0 Å². The van der Waals surface area contributed by atoms with Crippen LogP contribution in [0.2, 0.25) is 0 Å². The van der Waals surface area contributed by atoms with Gasteiger partial charge < -0.3 is 10.1 Å². The number of hydrazine groups is 1. The van der Waals surface area contributed by atoms with Crippen molar-refractivity contribution in [2.45, 2.75) is 26.9 Å². The molecule has 0 saturated heterocycles. The van der Waals surface area contributed by atoms with Gasteiger partial charge in [-0.3, -0.25) is 30.6 Å². The highest BCUT2D eigenvalue weighted by Gasteiger charge is 2.13. The van der Waals surface area contributed by atoms with E-state index in [9.17, 15) is 14.4 Å². The average molecular weight is 569 g/mol. The smallest absolute Gasteiger partial charge is 0.269 e. The zero-order chi connectivity index (χ0) is 26.2. The molecule has 36 heavy (non-hydrogen) atoms. The second-order valence-corrected chi connectivity index (χ2v) is 9.34. The summed E-state index contributed by atoms with van der Waals surface area (Å²) in [6.07, 6.45) is -0.00468. The van der Waals surface area contributed by atoms with Crippen molar-refractivity contribution in [3.63, 3.8) is 0 Å². The summed E-state index contributed by atoms with van der Waals surface area (Å²) >= 11 is 8.48. The number of rotatable bonds is 6. The van der Waals surface area contributed by atoms with Crippen molar-refractivity contribution >= 4 is 56.7 Å². The third kappa shape index (κ3) is 7.62. The Balaban J connectivity index is 1.49. The minimum atomic E-state index is -0.471. The van der Waals surface area contributed by atoms with E-state index in [0.29, 0.717) is 32.6 Å². The van der Waals surface area contributed by atoms with Crippen LogP contribution in [0.5, 0.6) is 5.75 Å². The molecule has 0 saturated carbocycles. The summed E-state index contributed by atoms with van der Waals surface area (Å²) in [6, 6.07) is 18.5. The Labute approximate surface area is 222 Å². The maximum atomic E-state index is 12.5. The molecule has 0 atom stereocenters. The van der Waals surface area contributed by atoms with Gasteiger partial charge in [-0.25, -0.2) is 0 Å². The molecule has 0 radical (unpaired) electrons. The molecule has 0 spiro atoms. The van der Waals surface area contributed by atoms with Crippen molar-refractivity contribution in [2.24, 2.45) is 0 Å². The molecule has 0 unspecified atom stereocenters. The number of nitrogens with one attached hydrogen (secondary N) is 4. The predicted molar refractivity (Wildman–Crippen MR) is 146 cm³/mol. The van der Waals surface area contributed by atoms with Crippen LogP contribution in [0.3, 0.4) is 0 Å². The van der Waals surface area contributed by atoms with Gasteiger partial charge in [-0.05, 0) is 104 Å². The first-order chi connectivity index (χ1) is 17.1. The summed E-state index contributed by atoms with van der Waals surface area (Å²) < 4.78 is 6.27. The molecule has 8 nitrogen and oxygen atoms in total. The van der Waals surface area contributed by atoms with Gasteiger partial charge in [0.1, 0.15) is 5.75 Å². The molecule has 3 aromatic carbocycles. The Morgan fingerprint density at radius 1 is 0.833 bits per heavy atom. The highest BCUT2D eigenvalue weighted by atomic mass is 79.9. The Kier molecular flexibility index (Phi) is 9.15. The van der Waals surface area contributed by atoms with E-state index in [2.05, 4.69) is 37.4 Å². The number of hydrogen-bond donors (Lipinski definition) is 4. The van der Waals surface area contributed by atoms with Crippen LogP contribution >= 0.6 is 28.1 Å². The molecule has 0 aliphatic heterocycles. The number of hydrogen-bond acceptors (Lipinski definition) is 5. The van der Waals surface area contributed by atoms with E-state index >= 15 is 0 Å². The van der Waals surface area contributed by atoms with Gasteiger partial charge in [-0.15, -0.1) is 0 Å². The van der Waals surface area contributed by atoms with Gasteiger partial charge in [0, 0.05) is 22.4 Å². The molecular formula is C26H25BrN4O4S. The Morgan fingerprint density at radius 2 is 1.50 bits per heavy atom. The van der Waals surface area contributed by atoms with Crippen molar-refractivity contribution in [1.82, 2.24) is 16.2 Å². The summed E-state index contributed by atoms with van der Waals surface area (Å²) in [6.45, 7) is 5.73. The SMILES string of the molecule is Cc1cccc(C(=O)Nc2ccc(C(=O)NNC(=S)NC(=O)c3ccc(OC(C)C)c(Br)c3)cc2)c1. The molecule has 3 rings (SSSR count). The van der Waals surface area contributed by atoms with Gasteiger partial charge in [0.2, 0.25) is 0 Å². The third-order valence-corrected chi connectivity index (χ3v) is 5.58. The monoisotopic (exact) mass is 568 g/mol. The van der Waals surface area contributed by atoms with Crippen molar-refractivity contribution in [3.8, 4) is 5.75 Å². The average Bonchev–Trinajstić information content (AvgIpc) is 2.84. The maximum absolute atomic E-state index is 12.5. The summed E-state index contributed by atoms with van der Waals surface area (Å²) in [4.78, 5) is 37.2. The van der Waals surface area contributed by atoms with Gasteiger partial charge in [0.15, 0.2) is 5.11 Å². The fourth-order valence-corrected chi connectivity index (χ4v) is 3.69. The largest absolute Gasteiger partial charge is 0.490 e. The van der Waals surface area contributed by atoms with E-state index in [0.717, 1.165) is 5.56 Å².